The van der Waals surface area contributed by atoms with Gasteiger partial charge in [0.05, 0.1) is 24.6 Å². The van der Waals surface area contributed by atoms with Crippen molar-refractivity contribution in [2.45, 2.75) is 18.0 Å². The maximum Gasteiger partial charge on any atom is 0.327 e. The SMILES string of the molecule is COC(=O)[C@@]1(Cc2ccc(O)cc2)N[C@@H](c2cccc(F)c2)[C@H]2C(=O)N(c3ccccc3F)C(=O)[C@@H]21. The van der Waals surface area contributed by atoms with Crippen molar-refractivity contribution >= 4 is 23.5 Å². The second-order valence-electron chi connectivity index (χ2n) is 8.95. The molecule has 0 aromatic heterocycles. The number of amides is 2. The molecule has 7 nitrogen and oxygen atoms in total. The summed E-state index contributed by atoms with van der Waals surface area (Å²) in [6.45, 7) is 0. The quantitative estimate of drug-likeness (QED) is 0.419. The third kappa shape index (κ3) is 3.63. The van der Waals surface area contributed by atoms with Crippen molar-refractivity contribution in [2.75, 3.05) is 12.0 Å². The summed E-state index contributed by atoms with van der Waals surface area (Å²) >= 11 is 0. The van der Waals surface area contributed by atoms with E-state index in [-0.39, 0.29) is 17.9 Å². The van der Waals surface area contributed by atoms with Crippen LogP contribution < -0.4 is 10.2 Å². The fourth-order valence-electron chi connectivity index (χ4n) is 5.40. The Hall–Kier alpha value is -4.11. The van der Waals surface area contributed by atoms with Gasteiger partial charge >= 0.3 is 5.97 Å². The molecule has 2 fully saturated rings. The summed E-state index contributed by atoms with van der Waals surface area (Å²) in [7, 11) is 1.17. The van der Waals surface area contributed by atoms with Crippen LogP contribution in [0, 0.1) is 23.5 Å². The maximum atomic E-state index is 14.7. The van der Waals surface area contributed by atoms with Gasteiger partial charge in [-0.2, -0.15) is 0 Å². The van der Waals surface area contributed by atoms with Crippen molar-refractivity contribution in [1.29, 1.82) is 0 Å². The molecule has 2 aliphatic rings. The Bertz CT molecular complexity index is 1360. The molecule has 0 unspecified atom stereocenters. The smallest absolute Gasteiger partial charge is 0.327 e. The summed E-state index contributed by atoms with van der Waals surface area (Å²) in [5.74, 6) is -5.95. The van der Waals surface area contributed by atoms with Crippen LogP contribution >= 0.6 is 0 Å². The molecule has 4 atom stereocenters. The molecule has 2 saturated heterocycles. The third-order valence-corrected chi connectivity index (χ3v) is 6.92. The lowest BCUT2D eigenvalue weighted by molar-refractivity contribution is -0.152. The lowest BCUT2D eigenvalue weighted by Gasteiger charge is -2.32. The van der Waals surface area contributed by atoms with Crippen molar-refractivity contribution in [2.24, 2.45) is 11.8 Å². The minimum Gasteiger partial charge on any atom is -0.508 e. The van der Waals surface area contributed by atoms with Crippen molar-refractivity contribution in [1.82, 2.24) is 5.32 Å². The van der Waals surface area contributed by atoms with Gasteiger partial charge in [0.15, 0.2) is 0 Å². The average Bonchev–Trinajstić information content (AvgIpc) is 3.34. The van der Waals surface area contributed by atoms with Gasteiger partial charge in [0.25, 0.3) is 0 Å². The Morgan fingerprint density at radius 2 is 1.75 bits per heavy atom. The Labute approximate surface area is 205 Å². The number of ether oxygens (including phenoxy) is 1. The van der Waals surface area contributed by atoms with Gasteiger partial charge in [0.2, 0.25) is 11.8 Å². The monoisotopic (exact) mass is 492 g/mol. The molecule has 0 bridgehead atoms. The maximum absolute atomic E-state index is 14.7. The standard InChI is InChI=1S/C27H22F2N2O5/c1-36-26(35)27(14-15-9-11-18(32)12-10-15)22-21(23(30-27)16-5-4-6-17(28)13-16)24(33)31(25(22)34)20-8-3-2-7-19(20)29/h2-13,21-23,30,32H,14H2,1H3/t21-,22+,23-,27-/m0/s1. The number of imide groups is 1. The number of fused-ring (bicyclic) bond motifs is 1. The number of hydrogen-bond donors (Lipinski definition) is 2. The summed E-state index contributed by atoms with van der Waals surface area (Å²) in [5.41, 5.74) is -1.00. The number of aromatic hydroxyl groups is 1. The van der Waals surface area contributed by atoms with Crippen LogP contribution in [0.1, 0.15) is 17.2 Å². The minimum absolute atomic E-state index is 0.0126. The van der Waals surface area contributed by atoms with E-state index in [9.17, 15) is 28.3 Å². The first-order chi connectivity index (χ1) is 17.3. The fourth-order valence-corrected chi connectivity index (χ4v) is 5.40. The van der Waals surface area contributed by atoms with Gasteiger partial charge in [-0.1, -0.05) is 36.4 Å². The first-order valence-electron chi connectivity index (χ1n) is 11.3. The Morgan fingerprint density at radius 1 is 1.03 bits per heavy atom. The number of carbonyl (C=O) groups excluding carboxylic acids is 3. The highest BCUT2D eigenvalue weighted by atomic mass is 19.1. The average molecular weight is 492 g/mol. The summed E-state index contributed by atoms with van der Waals surface area (Å²) in [6.07, 6.45) is -0.0724. The molecule has 3 aromatic carbocycles. The number of phenols is 1. The lowest BCUT2D eigenvalue weighted by Crippen LogP contribution is -2.58. The van der Waals surface area contributed by atoms with Gasteiger partial charge < -0.3 is 9.84 Å². The topological polar surface area (TPSA) is 95.9 Å². The zero-order valence-corrected chi connectivity index (χ0v) is 19.2. The number of halogens is 2. The summed E-state index contributed by atoms with van der Waals surface area (Å²) in [5, 5.41) is 12.8. The van der Waals surface area contributed by atoms with E-state index in [2.05, 4.69) is 5.32 Å². The number of nitrogens with zero attached hydrogens (tertiary/aromatic N) is 1. The minimum atomic E-state index is -1.72. The first-order valence-corrected chi connectivity index (χ1v) is 11.3. The molecular formula is C27H22F2N2O5. The van der Waals surface area contributed by atoms with Gasteiger partial charge in [-0.25, -0.2) is 13.7 Å². The molecule has 9 heteroatoms. The summed E-state index contributed by atoms with van der Waals surface area (Å²) < 4.78 is 34.0. The van der Waals surface area contributed by atoms with E-state index >= 15 is 0 Å². The van der Waals surface area contributed by atoms with Gasteiger partial charge in [-0.15, -0.1) is 0 Å². The molecule has 0 aliphatic carbocycles. The van der Waals surface area contributed by atoms with Crippen molar-refractivity contribution in [3.8, 4) is 5.75 Å². The van der Waals surface area contributed by atoms with Crippen LogP contribution in [0.15, 0.2) is 72.8 Å². The van der Waals surface area contributed by atoms with E-state index in [0.29, 0.717) is 11.1 Å². The predicted octanol–water partition coefficient (Wildman–Crippen LogP) is 3.28. The Morgan fingerprint density at radius 3 is 2.42 bits per heavy atom. The number of phenolic OH excluding ortho intramolecular Hbond substituents is 1. The van der Waals surface area contributed by atoms with Crippen LogP contribution in [-0.4, -0.2) is 35.5 Å². The predicted molar refractivity (Wildman–Crippen MR) is 125 cm³/mol. The molecule has 2 amide bonds. The number of hydrogen-bond acceptors (Lipinski definition) is 6. The lowest BCUT2D eigenvalue weighted by atomic mass is 9.76. The van der Waals surface area contributed by atoms with Crippen LogP contribution in [-0.2, 0) is 25.5 Å². The Kier molecular flexibility index (Phi) is 5.80. The normalized spacial score (nSPS) is 25.2. The van der Waals surface area contributed by atoms with Crippen molar-refractivity contribution in [3.63, 3.8) is 0 Å². The molecule has 2 N–H and O–H groups in total. The highest BCUT2D eigenvalue weighted by Crippen LogP contribution is 2.51. The molecule has 2 heterocycles. The van der Waals surface area contributed by atoms with Gasteiger partial charge in [0, 0.05) is 12.5 Å². The van der Waals surface area contributed by atoms with Gasteiger partial charge in [-0.3, -0.25) is 19.7 Å². The summed E-state index contributed by atoms with van der Waals surface area (Å²) in [6, 6.07) is 16.0. The molecular weight excluding hydrogens is 470 g/mol. The zero-order valence-electron chi connectivity index (χ0n) is 19.2. The second-order valence-corrected chi connectivity index (χ2v) is 8.95. The van der Waals surface area contributed by atoms with E-state index in [1.165, 1.54) is 55.6 Å². The van der Waals surface area contributed by atoms with E-state index in [1.807, 2.05) is 0 Å². The molecule has 0 spiro atoms. The molecule has 184 valence electrons. The van der Waals surface area contributed by atoms with Crippen molar-refractivity contribution in [3.05, 3.63) is 95.6 Å². The number of esters is 1. The van der Waals surface area contributed by atoms with E-state index < -0.39 is 52.8 Å². The van der Waals surface area contributed by atoms with Gasteiger partial charge in [-0.05, 0) is 47.5 Å². The van der Waals surface area contributed by atoms with Gasteiger partial charge in [0.1, 0.15) is 22.9 Å². The number of carbonyl (C=O) groups is 3. The van der Waals surface area contributed by atoms with Crippen LogP contribution in [0.25, 0.3) is 0 Å². The fraction of sp³-hybridized carbons (Fsp3) is 0.222. The number of nitrogens with one attached hydrogen (secondary N) is 1. The van der Waals surface area contributed by atoms with E-state index in [4.69, 9.17) is 4.74 Å². The zero-order chi connectivity index (χ0) is 25.6. The molecule has 0 radical (unpaired) electrons. The van der Waals surface area contributed by atoms with E-state index in [0.717, 1.165) is 11.0 Å². The molecule has 5 rings (SSSR count). The third-order valence-electron chi connectivity index (χ3n) is 6.92. The number of benzene rings is 3. The highest BCUT2D eigenvalue weighted by Gasteiger charge is 2.69. The molecule has 2 aliphatic heterocycles. The molecule has 0 saturated carbocycles. The number of para-hydroxylation sites is 1. The summed E-state index contributed by atoms with van der Waals surface area (Å²) in [4.78, 5) is 41.7. The molecule has 36 heavy (non-hydrogen) atoms. The van der Waals surface area contributed by atoms with E-state index in [1.54, 1.807) is 18.2 Å². The Balaban J connectivity index is 1.69. The number of anilines is 1. The first kappa shape index (κ1) is 23.6. The number of rotatable bonds is 5. The largest absolute Gasteiger partial charge is 0.508 e. The van der Waals surface area contributed by atoms with Crippen molar-refractivity contribution < 1.29 is 33.0 Å². The van der Waals surface area contributed by atoms with Crippen LogP contribution in [0.4, 0.5) is 14.5 Å². The second kappa shape index (κ2) is 8.83. The van der Waals surface area contributed by atoms with Crippen LogP contribution in [0.5, 0.6) is 5.75 Å². The van der Waals surface area contributed by atoms with Crippen LogP contribution in [0.3, 0.4) is 0 Å². The molecule has 3 aromatic rings. The van der Waals surface area contributed by atoms with Crippen LogP contribution in [0.2, 0.25) is 0 Å². The highest BCUT2D eigenvalue weighted by molar-refractivity contribution is 6.24. The number of methoxy groups -OCH3 is 1.